The molecule has 1 unspecified atom stereocenters. The Labute approximate surface area is 216 Å². The molecule has 0 saturated carbocycles. The van der Waals surface area contributed by atoms with Gasteiger partial charge in [0.2, 0.25) is 17.8 Å². The zero-order valence-electron chi connectivity index (χ0n) is 21.0. The third kappa shape index (κ3) is 11.0. The van der Waals surface area contributed by atoms with Gasteiger partial charge >= 0.3 is 0 Å². The average molecular weight is 524 g/mol. The van der Waals surface area contributed by atoms with Crippen LogP contribution >= 0.6 is 0 Å². The van der Waals surface area contributed by atoms with E-state index in [4.69, 9.17) is 14.6 Å². The van der Waals surface area contributed by atoms with Gasteiger partial charge in [-0.2, -0.15) is 4.99 Å². The summed E-state index contributed by atoms with van der Waals surface area (Å²) in [5, 5.41) is 21.6. The van der Waals surface area contributed by atoms with E-state index in [1.54, 1.807) is 0 Å². The molecular formula is C23H38FN9O4. The molecule has 1 saturated heterocycles. The summed E-state index contributed by atoms with van der Waals surface area (Å²) in [5.41, 5.74) is 5.29. The number of amides is 1. The highest BCUT2D eigenvalue weighted by Crippen LogP contribution is 2.13. The first-order chi connectivity index (χ1) is 18.2. The van der Waals surface area contributed by atoms with E-state index in [2.05, 4.69) is 41.6 Å². The number of likely N-dealkylation sites (tertiary alicyclic amines) is 1. The first kappa shape index (κ1) is 28.7. The maximum atomic E-state index is 12.2. The highest BCUT2D eigenvalue weighted by atomic mass is 19.2. The van der Waals surface area contributed by atoms with E-state index >= 15 is 0 Å². The fourth-order valence-corrected chi connectivity index (χ4v) is 3.73. The number of rotatable bonds is 16. The maximum absolute atomic E-state index is 12.2. The molecule has 14 heteroatoms. The number of hydrogen-bond donors (Lipinski definition) is 7. The molecule has 1 aromatic carbocycles. The summed E-state index contributed by atoms with van der Waals surface area (Å²) in [5.74, 6) is 1.14. The summed E-state index contributed by atoms with van der Waals surface area (Å²) in [6.45, 7) is 4.63. The van der Waals surface area contributed by atoms with Crippen LogP contribution in [0.4, 0.5) is 10.2 Å². The quantitative estimate of drug-likeness (QED) is 0.0819. The Kier molecular flexibility index (Phi) is 13.0. The monoisotopic (exact) mass is 523 g/mol. The molecule has 0 spiro atoms. The molecule has 0 radical (unpaired) electrons. The first-order valence-corrected chi connectivity index (χ1v) is 12.6. The van der Waals surface area contributed by atoms with Gasteiger partial charge < -0.3 is 35.4 Å². The summed E-state index contributed by atoms with van der Waals surface area (Å²) in [6.07, 6.45) is 2.14. The molecule has 2 aliphatic heterocycles. The van der Waals surface area contributed by atoms with Crippen molar-refractivity contribution in [2.75, 3.05) is 71.1 Å². The smallest absolute Gasteiger partial charge is 0.229 e. The minimum Gasteiger partial charge on any atom is -0.395 e. The number of anilines is 1. The molecule has 37 heavy (non-hydrogen) atoms. The van der Waals surface area contributed by atoms with Gasteiger partial charge in [0, 0.05) is 38.4 Å². The number of aliphatic hydroxyl groups is 1. The molecule has 0 aromatic heterocycles. The lowest BCUT2D eigenvalue weighted by molar-refractivity contribution is -0.120. The van der Waals surface area contributed by atoms with Crippen molar-refractivity contribution in [3.63, 3.8) is 0 Å². The van der Waals surface area contributed by atoms with Crippen LogP contribution in [0, 0.1) is 0 Å². The fraction of sp³-hybridized carbons (Fsp3) is 0.609. The van der Waals surface area contributed by atoms with E-state index in [0.717, 1.165) is 43.1 Å². The summed E-state index contributed by atoms with van der Waals surface area (Å²) in [7, 11) is 0. The van der Waals surface area contributed by atoms with E-state index < -0.39 is 0 Å². The third-order valence-corrected chi connectivity index (χ3v) is 5.54. The molecule has 1 atom stereocenters. The SMILES string of the molecule is O=C(Cc1ccc(NC2=NC(NCCO)NC(N3CCCC3)=N2)cc1)NCCOCCOCCNNF. The van der Waals surface area contributed by atoms with Crippen LogP contribution in [0.25, 0.3) is 0 Å². The normalized spacial score (nSPS) is 17.2. The largest absolute Gasteiger partial charge is 0.395 e. The molecular weight excluding hydrogens is 485 g/mol. The number of nitrogens with one attached hydrogen (secondary N) is 6. The standard InChI is InChI=1S/C23H38FN9O4/c24-32-27-9-14-37-16-15-36-13-8-25-20(35)17-18-3-5-19(6-4-18)28-22-29-21(26-7-12-34)30-23(31-22)33-10-1-2-11-33/h3-6,21,26-27,32,34H,1-2,7-17H2,(H,25,35)(H2,28,29,30,31). The number of halogens is 1. The lowest BCUT2D eigenvalue weighted by atomic mass is 10.1. The lowest BCUT2D eigenvalue weighted by Gasteiger charge is -2.28. The molecule has 13 nitrogen and oxygen atoms in total. The van der Waals surface area contributed by atoms with Crippen molar-refractivity contribution in [2.45, 2.75) is 25.6 Å². The van der Waals surface area contributed by atoms with Crippen LogP contribution in [0.3, 0.4) is 0 Å². The highest BCUT2D eigenvalue weighted by Gasteiger charge is 2.23. The second kappa shape index (κ2) is 16.8. The van der Waals surface area contributed by atoms with Gasteiger partial charge in [-0.1, -0.05) is 17.8 Å². The molecule has 2 aliphatic rings. The number of carbonyl (C=O) groups excluding carboxylic acids is 1. The van der Waals surface area contributed by atoms with Crippen LogP contribution in [0.15, 0.2) is 34.3 Å². The molecule has 7 N–H and O–H groups in total. The predicted molar refractivity (Wildman–Crippen MR) is 138 cm³/mol. The number of guanidine groups is 2. The summed E-state index contributed by atoms with van der Waals surface area (Å²) < 4.78 is 22.2. The number of hydrogen-bond acceptors (Lipinski definition) is 12. The number of benzene rings is 1. The van der Waals surface area contributed by atoms with Crippen molar-refractivity contribution in [3.8, 4) is 0 Å². The topological polar surface area (TPSA) is 156 Å². The molecule has 1 amide bonds. The zero-order valence-corrected chi connectivity index (χ0v) is 21.0. The van der Waals surface area contributed by atoms with Gasteiger partial charge in [0.25, 0.3) is 0 Å². The van der Waals surface area contributed by atoms with Crippen molar-refractivity contribution in [1.82, 2.24) is 31.9 Å². The van der Waals surface area contributed by atoms with Gasteiger partial charge in [0.05, 0.1) is 39.5 Å². The van der Waals surface area contributed by atoms with Gasteiger partial charge in [-0.05, 0) is 30.5 Å². The van der Waals surface area contributed by atoms with Crippen molar-refractivity contribution >= 4 is 23.5 Å². The van der Waals surface area contributed by atoms with Crippen molar-refractivity contribution < 1.29 is 23.9 Å². The Bertz CT molecular complexity index is 866. The Morgan fingerprint density at radius 1 is 1.08 bits per heavy atom. The van der Waals surface area contributed by atoms with Crippen LogP contribution < -0.4 is 32.3 Å². The van der Waals surface area contributed by atoms with E-state index in [0.29, 0.717) is 52.0 Å². The zero-order chi connectivity index (χ0) is 26.1. The lowest BCUT2D eigenvalue weighted by Crippen LogP contribution is -2.53. The highest BCUT2D eigenvalue weighted by molar-refractivity contribution is 6.03. The van der Waals surface area contributed by atoms with Gasteiger partial charge in [-0.3, -0.25) is 10.1 Å². The van der Waals surface area contributed by atoms with Crippen molar-refractivity contribution in [3.05, 3.63) is 29.8 Å². The Morgan fingerprint density at radius 2 is 1.81 bits per heavy atom. The Balaban J connectivity index is 1.38. The van der Waals surface area contributed by atoms with Gasteiger partial charge in [-0.15, -0.1) is 4.48 Å². The van der Waals surface area contributed by atoms with Crippen LogP contribution in [0.1, 0.15) is 18.4 Å². The van der Waals surface area contributed by atoms with E-state index in [1.807, 2.05) is 24.3 Å². The number of aliphatic hydroxyl groups excluding tert-OH is 1. The molecule has 206 valence electrons. The molecule has 3 rings (SSSR count). The van der Waals surface area contributed by atoms with Crippen LogP contribution in [-0.4, -0.2) is 99.9 Å². The van der Waals surface area contributed by atoms with E-state index in [-0.39, 0.29) is 25.2 Å². The van der Waals surface area contributed by atoms with Crippen molar-refractivity contribution in [2.24, 2.45) is 9.98 Å². The minimum atomic E-state index is -0.385. The van der Waals surface area contributed by atoms with Crippen LogP contribution in [0.5, 0.6) is 0 Å². The molecule has 1 aromatic rings. The maximum Gasteiger partial charge on any atom is 0.229 e. The van der Waals surface area contributed by atoms with Crippen LogP contribution in [-0.2, 0) is 20.7 Å². The second-order valence-corrected chi connectivity index (χ2v) is 8.40. The molecule has 2 heterocycles. The number of carbonyl (C=O) groups is 1. The Hall–Kier alpha value is -2.88. The molecule has 1 fully saturated rings. The van der Waals surface area contributed by atoms with Gasteiger partial charge in [-0.25, -0.2) is 10.4 Å². The first-order valence-electron chi connectivity index (χ1n) is 12.6. The summed E-state index contributed by atoms with van der Waals surface area (Å²) in [6, 6.07) is 7.54. The van der Waals surface area contributed by atoms with E-state index in [9.17, 15) is 9.28 Å². The summed E-state index contributed by atoms with van der Waals surface area (Å²) >= 11 is 0. The fourth-order valence-electron chi connectivity index (χ4n) is 3.73. The van der Waals surface area contributed by atoms with Gasteiger partial charge in [0.1, 0.15) is 0 Å². The molecule has 0 aliphatic carbocycles. The van der Waals surface area contributed by atoms with E-state index in [1.165, 1.54) is 5.65 Å². The Morgan fingerprint density at radius 3 is 2.51 bits per heavy atom. The van der Waals surface area contributed by atoms with Crippen molar-refractivity contribution in [1.29, 1.82) is 0 Å². The second-order valence-electron chi connectivity index (χ2n) is 8.40. The number of aliphatic imine (C=N–C) groups is 2. The number of hydrazine groups is 1. The molecule has 0 bridgehead atoms. The average Bonchev–Trinajstić information content (AvgIpc) is 3.45. The van der Waals surface area contributed by atoms with Gasteiger partial charge in [0.15, 0.2) is 6.29 Å². The summed E-state index contributed by atoms with van der Waals surface area (Å²) in [4.78, 5) is 23.6. The third-order valence-electron chi connectivity index (χ3n) is 5.54. The predicted octanol–water partition coefficient (Wildman–Crippen LogP) is -0.954. The minimum absolute atomic E-state index is 0.0174. The number of nitrogens with zero attached hydrogens (tertiary/aromatic N) is 3. The van der Waals surface area contributed by atoms with Crippen LogP contribution in [0.2, 0.25) is 0 Å². The number of ether oxygens (including phenoxy) is 2.